The average molecular weight is 381 g/mol. The van der Waals surface area contributed by atoms with E-state index in [0.29, 0.717) is 29.2 Å². The Morgan fingerprint density at radius 3 is 2.39 bits per heavy atom. The SMILES string of the molecule is COc1ccccc1NC(=O)c1ccc(NC(=O)CN2CCC(C)CC2)cc1. The first-order chi connectivity index (χ1) is 13.5. The molecule has 0 aliphatic carbocycles. The maximum Gasteiger partial charge on any atom is 0.255 e. The molecule has 0 saturated carbocycles. The van der Waals surface area contributed by atoms with E-state index >= 15 is 0 Å². The number of rotatable bonds is 6. The van der Waals surface area contributed by atoms with E-state index in [0.717, 1.165) is 31.8 Å². The Bertz CT molecular complexity index is 812. The van der Waals surface area contributed by atoms with Crippen LogP contribution >= 0.6 is 0 Å². The standard InChI is InChI=1S/C22H27N3O3/c1-16-11-13-25(14-12-16)15-21(26)23-18-9-7-17(8-10-18)22(27)24-19-5-3-4-6-20(19)28-2/h3-10,16H,11-15H2,1-2H3,(H,23,26)(H,24,27). The van der Waals surface area contributed by atoms with Crippen molar-refractivity contribution in [3.8, 4) is 5.75 Å². The second-order valence-electron chi connectivity index (χ2n) is 7.24. The number of benzene rings is 2. The van der Waals surface area contributed by atoms with Gasteiger partial charge in [-0.3, -0.25) is 14.5 Å². The molecule has 1 heterocycles. The van der Waals surface area contributed by atoms with Gasteiger partial charge in [0.2, 0.25) is 5.91 Å². The normalized spacial score (nSPS) is 15.1. The molecular formula is C22H27N3O3. The van der Waals surface area contributed by atoms with Crippen LogP contribution < -0.4 is 15.4 Å². The van der Waals surface area contributed by atoms with Gasteiger partial charge in [0.25, 0.3) is 5.91 Å². The summed E-state index contributed by atoms with van der Waals surface area (Å²) < 4.78 is 5.25. The Kier molecular flexibility index (Phi) is 6.66. The highest BCUT2D eigenvalue weighted by molar-refractivity contribution is 6.05. The number of carbonyl (C=O) groups excluding carboxylic acids is 2. The number of hydrogen-bond acceptors (Lipinski definition) is 4. The lowest BCUT2D eigenvalue weighted by molar-refractivity contribution is -0.117. The van der Waals surface area contributed by atoms with Gasteiger partial charge >= 0.3 is 0 Å². The van der Waals surface area contributed by atoms with E-state index in [2.05, 4.69) is 22.5 Å². The van der Waals surface area contributed by atoms with Crippen molar-refractivity contribution in [1.29, 1.82) is 0 Å². The van der Waals surface area contributed by atoms with Gasteiger partial charge in [-0.05, 0) is 68.2 Å². The van der Waals surface area contributed by atoms with Crippen LogP contribution in [0.4, 0.5) is 11.4 Å². The van der Waals surface area contributed by atoms with Gasteiger partial charge < -0.3 is 15.4 Å². The van der Waals surface area contributed by atoms with E-state index in [1.54, 1.807) is 43.5 Å². The summed E-state index contributed by atoms with van der Waals surface area (Å²) in [4.78, 5) is 26.9. The molecule has 2 N–H and O–H groups in total. The fourth-order valence-electron chi connectivity index (χ4n) is 3.27. The second kappa shape index (κ2) is 9.37. The molecule has 2 amide bonds. The minimum absolute atomic E-state index is 0.0271. The van der Waals surface area contributed by atoms with E-state index in [-0.39, 0.29) is 11.8 Å². The molecular weight excluding hydrogens is 354 g/mol. The van der Waals surface area contributed by atoms with Crippen LogP contribution in [-0.4, -0.2) is 43.5 Å². The third-order valence-corrected chi connectivity index (χ3v) is 5.03. The summed E-state index contributed by atoms with van der Waals surface area (Å²) in [7, 11) is 1.56. The van der Waals surface area contributed by atoms with E-state index in [4.69, 9.17) is 4.74 Å². The zero-order valence-corrected chi connectivity index (χ0v) is 16.4. The molecule has 1 fully saturated rings. The number of amides is 2. The number of para-hydroxylation sites is 2. The van der Waals surface area contributed by atoms with Gasteiger partial charge in [-0.15, -0.1) is 0 Å². The number of piperidine rings is 1. The lowest BCUT2D eigenvalue weighted by atomic mass is 9.99. The van der Waals surface area contributed by atoms with Gasteiger partial charge in [-0.1, -0.05) is 19.1 Å². The van der Waals surface area contributed by atoms with Crippen LogP contribution in [0.25, 0.3) is 0 Å². The van der Waals surface area contributed by atoms with Crippen LogP contribution in [-0.2, 0) is 4.79 Å². The number of anilines is 2. The van der Waals surface area contributed by atoms with Crippen molar-refractivity contribution in [2.75, 3.05) is 37.4 Å². The van der Waals surface area contributed by atoms with Gasteiger partial charge in [-0.2, -0.15) is 0 Å². The third kappa shape index (κ3) is 5.33. The molecule has 6 nitrogen and oxygen atoms in total. The molecule has 2 aromatic rings. The van der Waals surface area contributed by atoms with Gasteiger partial charge in [0.15, 0.2) is 0 Å². The van der Waals surface area contributed by atoms with Crippen molar-refractivity contribution in [2.24, 2.45) is 5.92 Å². The number of nitrogens with zero attached hydrogens (tertiary/aromatic N) is 1. The molecule has 1 aliphatic heterocycles. The summed E-state index contributed by atoms with van der Waals surface area (Å²) in [5.74, 6) is 1.09. The van der Waals surface area contributed by atoms with Crippen molar-refractivity contribution in [3.05, 3.63) is 54.1 Å². The molecule has 0 bridgehead atoms. The number of methoxy groups -OCH3 is 1. The largest absolute Gasteiger partial charge is 0.495 e. The topological polar surface area (TPSA) is 70.7 Å². The summed E-state index contributed by atoms with van der Waals surface area (Å²) in [6, 6.07) is 14.1. The summed E-state index contributed by atoms with van der Waals surface area (Å²) in [5, 5.41) is 5.74. The molecule has 1 saturated heterocycles. The third-order valence-electron chi connectivity index (χ3n) is 5.03. The van der Waals surface area contributed by atoms with Crippen molar-refractivity contribution < 1.29 is 14.3 Å². The number of ether oxygens (including phenoxy) is 1. The van der Waals surface area contributed by atoms with Gasteiger partial charge in [0, 0.05) is 11.3 Å². The van der Waals surface area contributed by atoms with E-state index in [1.165, 1.54) is 0 Å². The average Bonchev–Trinajstić information content (AvgIpc) is 2.70. The number of carbonyl (C=O) groups is 2. The number of nitrogens with one attached hydrogen (secondary N) is 2. The van der Waals surface area contributed by atoms with E-state index < -0.39 is 0 Å². The first-order valence-electron chi connectivity index (χ1n) is 9.62. The minimum atomic E-state index is -0.232. The van der Waals surface area contributed by atoms with Crippen LogP contribution in [0.1, 0.15) is 30.1 Å². The molecule has 6 heteroatoms. The molecule has 0 spiro atoms. The lowest BCUT2D eigenvalue weighted by Crippen LogP contribution is -2.38. The molecule has 2 aromatic carbocycles. The van der Waals surface area contributed by atoms with Crippen molar-refractivity contribution in [3.63, 3.8) is 0 Å². The molecule has 1 aliphatic rings. The highest BCUT2D eigenvalue weighted by atomic mass is 16.5. The fourth-order valence-corrected chi connectivity index (χ4v) is 3.27. The van der Waals surface area contributed by atoms with Crippen LogP contribution in [0.5, 0.6) is 5.75 Å². The molecule has 0 unspecified atom stereocenters. The Hall–Kier alpha value is -2.86. The predicted octanol–water partition coefficient (Wildman–Crippen LogP) is 3.62. The number of hydrogen-bond donors (Lipinski definition) is 2. The van der Waals surface area contributed by atoms with Crippen molar-refractivity contribution >= 4 is 23.2 Å². The monoisotopic (exact) mass is 381 g/mol. The first-order valence-corrected chi connectivity index (χ1v) is 9.62. The van der Waals surface area contributed by atoms with E-state index in [9.17, 15) is 9.59 Å². The molecule has 148 valence electrons. The van der Waals surface area contributed by atoms with Gasteiger partial charge in [0.05, 0.1) is 19.3 Å². The van der Waals surface area contributed by atoms with Crippen LogP contribution in [0.3, 0.4) is 0 Å². The Labute approximate surface area is 165 Å². The maximum atomic E-state index is 12.4. The van der Waals surface area contributed by atoms with Crippen LogP contribution in [0, 0.1) is 5.92 Å². The van der Waals surface area contributed by atoms with Crippen LogP contribution in [0.2, 0.25) is 0 Å². The molecule has 0 aromatic heterocycles. The second-order valence-corrected chi connectivity index (χ2v) is 7.24. The first kappa shape index (κ1) is 19.9. The Morgan fingerprint density at radius 2 is 1.71 bits per heavy atom. The number of likely N-dealkylation sites (tertiary alicyclic amines) is 1. The van der Waals surface area contributed by atoms with Gasteiger partial charge in [-0.25, -0.2) is 0 Å². The summed E-state index contributed by atoms with van der Waals surface area (Å²) >= 11 is 0. The van der Waals surface area contributed by atoms with E-state index in [1.807, 2.05) is 12.1 Å². The zero-order chi connectivity index (χ0) is 19.9. The van der Waals surface area contributed by atoms with Crippen molar-refractivity contribution in [1.82, 2.24) is 4.90 Å². The lowest BCUT2D eigenvalue weighted by Gasteiger charge is -2.29. The molecule has 28 heavy (non-hydrogen) atoms. The highest BCUT2D eigenvalue weighted by Crippen LogP contribution is 2.24. The quantitative estimate of drug-likeness (QED) is 0.802. The zero-order valence-electron chi connectivity index (χ0n) is 16.4. The summed E-state index contributed by atoms with van der Waals surface area (Å²) in [5.41, 5.74) is 1.81. The highest BCUT2D eigenvalue weighted by Gasteiger charge is 2.18. The summed E-state index contributed by atoms with van der Waals surface area (Å²) in [6.07, 6.45) is 2.28. The Balaban J connectivity index is 1.54. The van der Waals surface area contributed by atoms with Gasteiger partial charge in [0.1, 0.15) is 5.75 Å². The van der Waals surface area contributed by atoms with Crippen LogP contribution in [0.15, 0.2) is 48.5 Å². The molecule has 0 atom stereocenters. The maximum absolute atomic E-state index is 12.4. The summed E-state index contributed by atoms with van der Waals surface area (Å²) in [6.45, 7) is 4.60. The van der Waals surface area contributed by atoms with Crippen molar-refractivity contribution in [2.45, 2.75) is 19.8 Å². The minimum Gasteiger partial charge on any atom is -0.495 e. The smallest absolute Gasteiger partial charge is 0.255 e. The Morgan fingerprint density at radius 1 is 1.04 bits per heavy atom. The molecule has 0 radical (unpaired) electrons. The predicted molar refractivity (Wildman–Crippen MR) is 111 cm³/mol. The fraction of sp³-hybridized carbons (Fsp3) is 0.364. The molecule has 3 rings (SSSR count).